The van der Waals surface area contributed by atoms with Crippen LogP contribution in [-0.4, -0.2) is 261 Å². The van der Waals surface area contributed by atoms with Crippen LogP contribution in [-0.2, 0) is 92.3 Å². The average molecular weight is 1400 g/mol. The van der Waals surface area contributed by atoms with E-state index in [-0.39, 0.29) is 112 Å². The van der Waals surface area contributed by atoms with E-state index in [2.05, 4.69) is 31.9 Å². The number of nitrogens with two attached hydrogens (primary N) is 1. The fourth-order valence-corrected chi connectivity index (χ4v) is 11.2. The molecule has 1 fully saturated rings. The van der Waals surface area contributed by atoms with Gasteiger partial charge in [0.1, 0.15) is 59.7 Å². The first-order valence-electron chi connectivity index (χ1n) is 32.4. The van der Waals surface area contributed by atoms with E-state index in [1.807, 2.05) is 0 Å². The third-order valence-electron chi connectivity index (χ3n) is 16.4. The first kappa shape index (κ1) is 79.6. The Morgan fingerprint density at radius 2 is 1.24 bits per heavy atom. The lowest BCUT2D eigenvalue weighted by atomic mass is 9.72. The molecule has 2 aliphatic carbocycles. The van der Waals surface area contributed by atoms with Crippen molar-refractivity contribution in [2.75, 3.05) is 106 Å². The highest BCUT2D eigenvalue weighted by Gasteiger charge is 2.51. The summed E-state index contributed by atoms with van der Waals surface area (Å²) in [5, 5.41) is 72.0. The first-order valence-corrected chi connectivity index (χ1v) is 32.4. The van der Waals surface area contributed by atoms with E-state index in [0.717, 1.165) is 17.1 Å². The zero-order chi connectivity index (χ0) is 72.7. The fourth-order valence-electron chi connectivity index (χ4n) is 11.2. The third kappa shape index (κ3) is 22.3. The molecule has 34 nitrogen and oxygen atoms in total. The SMILES string of the molecule is COc1cccc2c1C(=O)c1c(O)c3c(c(O)c1C2=O)C[C@@](O)(C(=O)CO)C[C@@H]3O[C@H]1C[C@H](NC(=O)C(CC(C)C)NC(=O)[C@@H](CC(N)=O)NC(=O)[C@@H](C)NC(=O)[C@@H](C)NC(=O)CCOCCOCCOCCOCCOCCOCCNC(=O)CCN2C(=O)C=CC2=O)[C@H](O)[C@H](C)O1. The molecule has 99 heavy (non-hydrogen) atoms. The topological polar surface area (TPSA) is 490 Å². The second-order valence-corrected chi connectivity index (χ2v) is 24.2. The number of amides is 9. The second-order valence-electron chi connectivity index (χ2n) is 24.2. The highest BCUT2D eigenvalue weighted by molar-refractivity contribution is 6.31. The summed E-state index contributed by atoms with van der Waals surface area (Å²) in [5.41, 5.74) is 0.758. The van der Waals surface area contributed by atoms with Crippen LogP contribution in [0.15, 0.2) is 30.4 Å². The number of hydrogen-bond acceptors (Lipinski definition) is 26. The van der Waals surface area contributed by atoms with E-state index < -0.39 is 174 Å². The van der Waals surface area contributed by atoms with Crippen molar-refractivity contribution in [2.24, 2.45) is 11.7 Å². The quantitative estimate of drug-likeness (QED) is 0.0153. The number of aromatic hydroxyl groups is 2. The molecule has 2 aliphatic heterocycles. The van der Waals surface area contributed by atoms with Crippen molar-refractivity contribution >= 4 is 70.5 Å². The number of phenolic OH excluding ortho intramolecular Hbond substituents is 2. The zero-order valence-corrected chi connectivity index (χ0v) is 56.1. The van der Waals surface area contributed by atoms with Gasteiger partial charge in [-0.2, -0.15) is 0 Å². The summed E-state index contributed by atoms with van der Waals surface area (Å²) in [5.74, 6) is -11.3. The van der Waals surface area contributed by atoms with Crippen molar-refractivity contribution in [1.82, 2.24) is 36.8 Å². The lowest BCUT2D eigenvalue weighted by Crippen LogP contribution is -2.61. The summed E-state index contributed by atoms with van der Waals surface area (Å²) < 4.78 is 50.3. The van der Waals surface area contributed by atoms with E-state index in [1.54, 1.807) is 13.8 Å². The number of benzene rings is 2. The molecule has 2 heterocycles. The standard InChI is InChI=1S/C65H90N8O26/c1-34(2)28-41(63(88)70-40-30-51(98-37(5)56(40)81)99-44-32-65(90,45(75)33-74)31-39-53(44)60(85)55-54(58(39)83)57(82)38-8-7-9-43(91-6)52(38)59(55)84)72-64(89)42(29-46(66)76)71-62(87)36(4)69-61(86)35(3)68-48(78)13-16-92-18-20-94-22-24-96-26-27-97-25-23-95-21-19-93-17-14-67-47(77)12-15-73-49(79)10-11-50(73)80/h7-11,34-37,40-42,44,51,56,74,81,83,85,90H,12-33H2,1-6H3,(H2,66,76)(H,67,77)(H,68,78)(H,69,86)(H,70,88)(H,71,87)(H,72,89)/t35-,36-,37+,40+,41?,42-,44+,51+,56-,65+/m1/s1. The molecule has 13 N–H and O–H groups in total. The molecule has 0 saturated carbocycles. The second kappa shape index (κ2) is 38.2. The molecule has 0 bridgehead atoms. The Balaban J connectivity index is 0.887. The van der Waals surface area contributed by atoms with Gasteiger partial charge in [0.2, 0.25) is 47.1 Å². The summed E-state index contributed by atoms with van der Waals surface area (Å²) >= 11 is 0. The predicted molar refractivity (Wildman–Crippen MR) is 341 cm³/mol. The van der Waals surface area contributed by atoms with Crippen LogP contribution in [0.4, 0.5) is 0 Å². The molecule has 9 amide bonds. The Hall–Kier alpha value is -8.42. The summed E-state index contributed by atoms with van der Waals surface area (Å²) in [7, 11) is 1.26. The minimum atomic E-state index is -2.48. The number of phenols is 2. The molecular formula is C65H90N8O26. The largest absolute Gasteiger partial charge is 0.507 e. The molecule has 0 aromatic heterocycles. The van der Waals surface area contributed by atoms with Crippen LogP contribution >= 0.6 is 0 Å². The summed E-state index contributed by atoms with van der Waals surface area (Å²) in [6.07, 6.45) is -6.12. The van der Waals surface area contributed by atoms with Gasteiger partial charge in [0, 0.05) is 74.0 Å². The van der Waals surface area contributed by atoms with Gasteiger partial charge in [-0.3, -0.25) is 62.4 Å². The number of methoxy groups -OCH3 is 1. The third-order valence-corrected chi connectivity index (χ3v) is 16.4. The molecule has 546 valence electrons. The van der Waals surface area contributed by atoms with Gasteiger partial charge in [-0.05, 0) is 39.2 Å². The Bertz CT molecular complexity index is 3270. The summed E-state index contributed by atoms with van der Waals surface area (Å²) in [4.78, 5) is 157. The van der Waals surface area contributed by atoms with Gasteiger partial charge < -0.3 is 106 Å². The lowest BCUT2D eigenvalue weighted by molar-refractivity contribution is -0.249. The van der Waals surface area contributed by atoms with Gasteiger partial charge in [0.05, 0.1) is 128 Å². The number of primary amides is 1. The summed E-state index contributed by atoms with van der Waals surface area (Å²) in [6.45, 7) is 9.76. The number of ketones is 3. The Morgan fingerprint density at radius 1 is 0.687 bits per heavy atom. The molecular weight excluding hydrogens is 1310 g/mol. The van der Waals surface area contributed by atoms with Crippen molar-refractivity contribution in [3.8, 4) is 17.2 Å². The Morgan fingerprint density at radius 3 is 1.82 bits per heavy atom. The molecule has 1 saturated heterocycles. The van der Waals surface area contributed by atoms with Crippen molar-refractivity contribution < 1.29 is 126 Å². The van der Waals surface area contributed by atoms with Crippen LogP contribution < -0.4 is 42.4 Å². The number of nitrogens with zero attached hydrogens (tertiary/aromatic N) is 1. The number of hydrogen-bond donors (Lipinski definition) is 12. The first-order chi connectivity index (χ1) is 47.1. The minimum Gasteiger partial charge on any atom is -0.507 e. The number of Topliss-reactive ketones (excluding diaryl/α,β-unsaturated/α-hetero) is 1. The highest BCUT2D eigenvalue weighted by atomic mass is 16.7. The van der Waals surface area contributed by atoms with E-state index in [0.29, 0.717) is 46.2 Å². The van der Waals surface area contributed by atoms with Crippen LogP contribution in [0.5, 0.6) is 17.2 Å². The molecule has 2 aromatic carbocycles. The van der Waals surface area contributed by atoms with Gasteiger partial charge in [0.15, 0.2) is 17.9 Å². The number of aliphatic hydroxyl groups is 3. The number of imide groups is 1. The van der Waals surface area contributed by atoms with Gasteiger partial charge in [0.25, 0.3) is 11.8 Å². The van der Waals surface area contributed by atoms with Gasteiger partial charge >= 0.3 is 0 Å². The van der Waals surface area contributed by atoms with E-state index in [4.69, 9.17) is 48.4 Å². The number of fused-ring (bicyclic) bond motifs is 3. The molecule has 10 atom stereocenters. The average Bonchev–Trinajstić information content (AvgIpc) is 0.933. The normalized spacial score (nSPS) is 20.6. The monoisotopic (exact) mass is 1400 g/mol. The van der Waals surface area contributed by atoms with Gasteiger partial charge in [-0.25, -0.2) is 0 Å². The van der Waals surface area contributed by atoms with E-state index >= 15 is 0 Å². The number of nitrogens with one attached hydrogen (secondary N) is 6. The van der Waals surface area contributed by atoms with Crippen LogP contribution in [0.1, 0.15) is 122 Å². The number of ether oxygens (including phenoxy) is 9. The maximum absolute atomic E-state index is 14.2. The molecule has 34 heteroatoms. The van der Waals surface area contributed by atoms with Crippen molar-refractivity contribution in [2.45, 2.75) is 140 Å². The lowest BCUT2D eigenvalue weighted by Gasteiger charge is -2.43. The number of aliphatic hydroxyl groups excluding tert-OH is 2. The number of carbonyl (C=O) groups is 12. The van der Waals surface area contributed by atoms with Crippen LogP contribution in [0.3, 0.4) is 0 Å². The van der Waals surface area contributed by atoms with Crippen molar-refractivity contribution in [3.05, 3.63) is 63.7 Å². The van der Waals surface area contributed by atoms with E-state index in [9.17, 15) is 83.1 Å². The Labute approximate surface area is 569 Å². The number of rotatable bonds is 42. The predicted octanol–water partition coefficient (Wildman–Crippen LogP) is -3.02. The van der Waals surface area contributed by atoms with Crippen LogP contribution in [0.25, 0.3) is 0 Å². The maximum Gasteiger partial charge on any atom is 0.253 e. The van der Waals surface area contributed by atoms with E-state index in [1.165, 1.54) is 46.1 Å². The van der Waals surface area contributed by atoms with Crippen LogP contribution in [0.2, 0.25) is 0 Å². The van der Waals surface area contributed by atoms with Gasteiger partial charge in [-0.1, -0.05) is 26.0 Å². The fraction of sp³-hybridized carbons (Fsp3) is 0.600. The number of carbonyl (C=O) groups excluding carboxylic acids is 12. The zero-order valence-electron chi connectivity index (χ0n) is 56.1. The minimum absolute atomic E-state index is 0.00209. The van der Waals surface area contributed by atoms with Crippen molar-refractivity contribution in [1.29, 1.82) is 0 Å². The molecule has 4 aliphatic rings. The molecule has 0 spiro atoms. The van der Waals surface area contributed by atoms with Crippen LogP contribution in [0, 0.1) is 5.92 Å². The Kier molecular flexibility index (Phi) is 30.7. The molecule has 2 aromatic rings. The maximum atomic E-state index is 14.2. The molecule has 1 unspecified atom stereocenters. The molecule has 0 radical (unpaired) electrons. The summed E-state index contributed by atoms with van der Waals surface area (Å²) in [6, 6.07) is -2.65. The van der Waals surface area contributed by atoms with Gasteiger partial charge in [-0.15, -0.1) is 0 Å². The van der Waals surface area contributed by atoms with Crippen molar-refractivity contribution in [3.63, 3.8) is 0 Å². The highest BCUT2D eigenvalue weighted by Crippen LogP contribution is 2.52. The smallest absolute Gasteiger partial charge is 0.253 e. The molecule has 6 rings (SSSR count).